The van der Waals surface area contributed by atoms with Crippen molar-refractivity contribution >= 4 is 35.3 Å². The lowest BCUT2D eigenvalue weighted by molar-refractivity contribution is -0.131. The second kappa shape index (κ2) is 12.9. The van der Waals surface area contributed by atoms with Crippen LogP contribution in [-0.4, -0.2) is 65.3 Å². The first kappa shape index (κ1) is 28.9. The molecule has 11 heteroatoms. The van der Waals surface area contributed by atoms with Gasteiger partial charge in [-0.25, -0.2) is 14.4 Å². The van der Waals surface area contributed by atoms with Gasteiger partial charge in [-0.15, -0.1) is 0 Å². The molecule has 1 aliphatic heterocycles. The highest BCUT2D eigenvalue weighted by Crippen LogP contribution is 2.30. The minimum Gasteiger partial charge on any atom is -0.495 e. The van der Waals surface area contributed by atoms with Crippen LogP contribution >= 0.6 is 0 Å². The monoisotopic (exact) mass is 561 g/mol. The van der Waals surface area contributed by atoms with E-state index in [1.807, 2.05) is 25.1 Å². The second-order valence-electron chi connectivity index (χ2n) is 9.58. The fraction of sp³-hybridized carbons (Fsp3) is 0.267. The Morgan fingerprint density at radius 3 is 2.41 bits per heavy atom. The van der Waals surface area contributed by atoms with Gasteiger partial charge in [0.25, 0.3) is 0 Å². The van der Waals surface area contributed by atoms with E-state index in [9.17, 15) is 29.4 Å². The zero-order chi connectivity index (χ0) is 29.5. The largest absolute Gasteiger partial charge is 0.495 e. The number of anilines is 2. The summed E-state index contributed by atoms with van der Waals surface area (Å²) in [6.45, 7) is 2.51. The summed E-state index contributed by atoms with van der Waals surface area (Å²) >= 11 is 0. The van der Waals surface area contributed by atoms with Crippen molar-refractivity contribution in [3.05, 3.63) is 82.9 Å². The summed E-state index contributed by atoms with van der Waals surface area (Å²) in [5.41, 5.74) is 1.82. The molecule has 3 aromatic carbocycles. The lowest BCUT2D eigenvalue weighted by Gasteiger charge is -2.25. The number of carboxylic acids is 2. The SMILES string of the molecule is COc1cccc(CC(=O)N2CCC[C@H]2COc2ccc(C(=O)O)c(C(=O)O)c2)c1NC(=O)Nc1ccccc1C. The van der Waals surface area contributed by atoms with Crippen molar-refractivity contribution < 1.29 is 38.9 Å². The van der Waals surface area contributed by atoms with Crippen molar-refractivity contribution in [1.82, 2.24) is 4.90 Å². The summed E-state index contributed by atoms with van der Waals surface area (Å²) in [4.78, 5) is 50.8. The highest BCUT2D eigenvalue weighted by atomic mass is 16.5. The number of carbonyl (C=O) groups excluding carboxylic acids is 2. The van der Waals surface area contributed by atoms with Crippen molar-refractivity contribution in [3.63, 3.8) is 0 Å². The molecule has 1 aliphatic rings. The molecule has 1 saturated heterocycles. The van der Waals surface area contributed by atoms with Gasteiger partial charge in [-0.1, -0.05) is 30.3 Å². The molecular weight excluding hydrogens is 530 g/mol. The molecule has 41 heavy (non-hydrogen) atoms. The summed E-state index contributed by atoms with van der Waals surface area (Å²) in [6.07, 6.45) is 1.46. The van der Waals surface area contributed by atoms with Gasteiger partial charge in [0.2, 0.25) is 5.91 Å². The number of aryl methyl sites for hydroxylation is 1. The molecule has 1 heterocycles. The van der Waals surface area contributed by atoms with Crippen LogP contribution in [0.3, 0.4) is 0 Å². The number of ether oxygens (including phenoxy) is 2. The molecule has 0 spiro atoms. The number of methoxy groups -OCH3 is 1. The zero-order valence-electron chi connectivity index (χ0n) is 22.7. The highest BCUT2D eigenvalue weighted by molar-refractivity contribution is 6.03. The number of nitrogens with zero attached hydrogens (tertiary/aromatic N) is 1. The predicted octanol–water partition coefficient (Wildman–Crippen LogP) is 4.66. The van der Waals surface area contributed by atoms with E-state index in [0.29, 0.717) is 35.7 Å². The Hall–Kier alpha value is -5.06. The number of benzene rings is 3. The van der Waals surface area contributed by atoms with Gasteiger partial charge in [0, 0.05) is 12.2 Å². The van der Waals surface area contributed by atoms with Gasteiger partial charge in [0.1, 0.15) is 18.1 Å². The molecule has 11 nitrogen and oxygen atoms in total. The van der Waals surface area contributed by atoms with Crippen LogP contribution in [0.2, 0.25) is 0 Å². The predicted molar refractivity (Wildman–Crippen MR) is 151 cm³/mol. The fourth-order valence-corrected chi connectivity index (χ4v) is 4.79. The van der Waals surface area contributed by atoms with Crippen LogP contribution < -0.4 is 20.1 Å². The average molecular weight is 562 g/mol. The smallest absolute Gasteiger partial charge is 0.336 e. The van der Waals surface area contributed by atoms with Crippen LogP contribution in [0.1, 0.15) is 44.7 Å². The zero-order valence-corrected chi connectivity index (χ0v) is 22.7. The first-order valence-corrected chi connectivity index (χ1v) is 13.0. The Balaban J connectivity index is 1.45. The number of urea groups is 1. The molecule has 4 rings (SSSR count). The van der Waals surface area contributed by atoms with Crippen LogP contribution in [0, 0.1) is 6.92 Å². The molecule has 4 N–H and O–H groups in total. The van der Waals surface area contributed by atoms with E-state index >= 15 is 0 Å². The van der Waals surface area contributed by atoms with Crippen molar-refractivity contribution in [2.45, 2.75) is 32.2 Å². The average Bonchev–Trinajstić information content (AvgIpc) is 3.42. The maximum Gasteiger partial charge on any atom is 0.336 e. The minimum atomic E-state index is -1.37. The molecule has 3 amide bonds. The molecule has 0 bridgehead atoms. The number of amides is 3. The number of carboxylic acid groups (broad SMARTS) is 2. The number of hydrogen-bond acceptors (Lipinski definition) is 6. The van der Waals surface area contributed by atoms with Crippen molar-refractivity contribution in [3.8, 4) is 11.5 Å². The number of likely N-dealkylation sites (tertiary alicyclic amines) is 1. The quantitative estimate of drug-likeness (QED) is 0.279. The van der Waals surface area contributed by atoms with E-state index in [4.69, 9.17) is 9.47 Å². The summed E-state index contributed by atoms with van der Waals surface area (Å²) in [7, 11) is 1.48. The highest BCUT2D eigenvalue weighted by Gasteiger charge is 2.30. The number of aromatic carboxylic acids is 2. The molecule has 214 valence electrons. The summed E-state index contributed by atoms with van der Waals surface area (Å²) < 4.78 is 11.3. The van der Waals surface area contributed by atoms with Gasteiger partial charge in [0.15, 0.2) is 0 Å². The van der Waals surface area contributed by atoms with Crippen molar-refractivity contribution in [2.75, 3.05) is 30.9 Å². The first-order chi connectivity index (χ1) is 19.7. The Bertz CT molecular complexity index is 1470. The molecule has 0 aliphatic carbocycles. The van der Waals surface area contributed by atoms with E-state index in [-0.39, 0.29) is 41.9 Å². The minimum absolute atomic E-state index is 0.00412. The van der Waals surface area contributed by atoms with Gasteiger partial charge >= 0.3 is 18.0 Å². The second-order valence-corrected chi connectivity index (χ2v) is 9.58. The summed E-state index contributed by atoms with van der Waals surface area (Å²) in [5, 5.41) is 24.2. The molecule has 0 unspecified atom stereocenters. The molecule has 1 atom stereocenters. The third-order valence-electron chi connectivity index (χ3n) is 6.90. The van der Waals surface area contributed by atoms with Gasteiger partial charge in [0.05, 0.1) is 36.4 Å². The topological polar surface area (TPSA) is 154 Å². The van der Waals surface area contributed by atoms with E-state index in [1.165, 1.54) is 25.3 Å². The lowest BCUT2D eigenvalue weighted by Crippen LogP contribution is -2.40. The van der Waals surface area contributed by atoms with E-state index < -0.39 is 18.0 Å². The fourth-order valence-electron chi connectivity index (χ4n) is 4.79. The van der Waals surface area contributed by atoms with Crippen LogP contribution in [-0.2, 0) is 11.2 Å². The molecular formula is C30H31N3O8. The maximum absolute atomic E-state index is 13.4. The molecule has 0 saturated carbocycles. The molecule has 1 fully saturated rings. The van der Waals surface area contributed by atoms with Crippen LogP contribution in [0.25, 0.3) is 0 Å². The van der Waals surface area contributed by atoms with Crippen molar-refractivity contribution in [1.29, 1.82) is 0 Å². The molecule has 0 radical (unpaired) electrons. The standard InChI is InChI=1S/C30H31N3O8/c1-18-7-3-4-10-24(18)31-30(39)32-27-19(8-5-11-25(27)40-2)15-26(34)33-14-6-9-20(33)17-41-21-12-13-22(28(35)36)23(16-21)29(37)38/h3-5,7-8,10-13,16,20H,6,9,14-15,17H2,1-2H3,(H,35,36)(H,37,38)(H2,31,32,39)/t20-/m0/s1. The number of para-hydroxylation sites is 2. The van der Waals surface area contributed by atoms with Crippen molar-refractivity contribution in [2.24, 2.45) is 0 Å². The molecule has 3 aromatic rings. The van der Waals surface area contributed by atoms with Gasteiger partial charge in [-0.05, 0) is 61.2 Å². The Labute approximate surface area is 236 Å². The number of rotatable bonds is 10. The number of nitrogens with one attached hydrogen (secondary N) is 2. The third kappa shape index (κ3) is 6.93. The Morgan fingerprint density at radius 2 is 1.71 bits per heavy atom. The molecule has 0 aromatic heterocycles. The lowest BCUT2D eigenvalue weighted by atomic mass is 10.1. The van der Waals surface area contributed by atoms with E-state index in [0.717, 1.165) is 12.0 Å². The first-order valence-electron chi connectivity index (χ1n) is 13.0. The van der Waals surface area contributed by atoms with Gasteiger partial charge in [-0.2, -0.15) is 0 Å². The van der Waals surface area contributed by atoms with Crippen LogP contribution in [0.5, 0.6) is 11.5 Å². The summed E-state index contributed by atoms with van der Waals surface area (Å²) in [6, 6.07) is 15.6. The van der Waals surface area contributed by atoms with E-state index in [2.05, 4.69) is 10.6 Å². The Kier molecular flexibility index (Phi) is 9.08. The normalized spacial score (nSPS) is 14.3. The maximum atomic E-state index is 13.4. The van der Waals surface area contributed by atoms with Gasteiger partial charge < -0.3 is 35.2 Å². The number of hydrogen-bond donors (Lipinski definition) is 4. The number of carbonyl (C=O) groups is 4. The third-order valence-corrected chi connectivity index (χ3v) is 6.90. The summed E-state index contributed by atoms with van der Waals surface area (Å²) in [5.74, 6) is -2.28. The van der Waals surface area contributed by atoms with E-state index in [1.54, 1.807) is 29.2 Å². The Morgan fingerprint density at radius 1 is 0.951 bits per heavy atom. The van der Waals surface area contributed by atoms with Crippen LogP contribution in [0.15, 0.2) is 60.7 Å². The van der Waals surface area contributed by atoms with Gasteiger partial charge in [-0.3, -0.25) is 4.79 Å². The van der Waals surface area contributed by atoms with Crippen LogP contribution in [0.4, 0.5) is 16.2 Å².